The van der Waals surface area contributed by atoms with Crippen LogP contribution in [-0.2, 0) is 4.74 Å². The number of aromatic nitrogens is 2. The van der Waals surface area contributed by atoms with E-state index in [0.29, 0.717) is 17.7 Å². The highest BCUT2D eigenvalue weighted by Crippen LogP contribution is 2.30. The molecule has 0 aromatic carbocycles. The molecule has 0 amide bonds. The average Bonchev–Trinajstić information content (AvgIpc) is 2.37. The molecule has 5 nitrogen and oxygen atoms in total. The van der Waals surface area contributed by atoms with Crippen molar-refractivity contribution < 1.29 is 14.3 Å². The fourth-order valence-electron chi connectivity index (χ4n) is 2.75. The van der Waals surface area contributed by atoms with Crippen LogP contribution in [-0.4, -0.2) is 29.2 Å². The van der Waals surface area contributed by atoms with Crippen molar-refractivity contribution in [1.29, 1.82) is 0 Å². The standard InChI is InChI=1S/C14H20N2O3/c1-9-4-10(2)6-11(5-9)19-13-8-15-7-12(16-13)14(17)18-3/h7-11H,4-6H2,1-3H3. The van der Waals surface area contributed by atoms with E-state index in [1.54, 1.807) is 0 Å². The van der Waals surface area contributed by atoms with Crippen LogP contribution in [0.25, 0.3) is 0 Å². The number of hydrogen-bond acceptors (Lipinski definition) is 5. The van der Waals surface area contributed by atoms with Crippen molar-refractivity contribution >= 4 is 5.97 Å². The van der Waals surface area contributed by atoms with E-state index >= 15 is 0 Å². The quantitative estimate of drug-likeness (QED) is 0.785. The SMILES string of the molecule is COC(=O)c1cncc(OC2CC(C)CC(C)C2)n1. The highest BCUT2D eigenvalue weighted by Gasteiger charge is 2.25. The molecule has 1 aromatic rings. The molecule has 0 saturated heterocycles. The van der Waals surface area contributed by atoms with Gasteiger partial charge in [0.2, 0.25) is 5.88 Å². The number of esters is 1. The third kappa shape index (κ3) is 3.66. The van der Waals surface area contributed by atoms with E-state index in [-0.39, 0.29) is 11.8 Å². The molecule has 0 bridgehead atoms. The van der Waals surface area contributed by atoms with Crippen molar-refractivity contribution in [2.45, 2.75) is 39.2 Å². The largest absolute Gasteiger partial charge is 0.473 e. The topological polar surface area (TPSA) is 61.3 Å². The van der Waals surface area contributed by atoms with Crippen LogP contribution < -0.4 is 4.74 Å². The number of hydrogen-bond donors (Lipinski definition) is 0. The molecule has 0 radical (unpaired) electrons. The van der Waals surface area contributed by atoms with Gasteiger partial charge < -0.3 is 9.47 Å². The molecule has 2 unspecified atom stereocenters. The van der Waals surface area contributed by atoms with Crippen LogP contribution >= 0.6 is 0 Å². The molecule has 0 N–H and O–H groups in total. The normalized spacial score (nSPS) is 26.8. The number of rotatable bonds is 3. The summed E-state index contributed by atoms with van der Waals surface area (Å²) in [7, 11) is 1.32. The van der Waals surface area contributed by atoms with Crippen LogP contribution in [0.1, 0.15) is 43.6 Å². The predicted octanol–water partition coefficient (Wildman–Crippen LogP) is 2.47. The Morgan fingerprint density at radius 3 is 2.53 bits per heavy atom. The van der Waals surface area contributed by atoms with Gasteiger partial charge in [0.15, 0.2) is 5.69 Å². The van der Waals surface area contributed by atoms with E-state index in [2.05, 4.69) is 28.6 Å². The Balaban J connectivity index is 2.04. The molecule has 5 heteroatoms. The second-order valence-corrected chi connectivity index (χ2v) is 5.39. The number of methoxy groups -OCH3 is 1. The number of ether oxygens (including phenoxy) is 2. The first kappa shape index (κ1) is 13.8. The predicted molar refractivity (Wildman–Crippen MR) is 70.0 cm³/mol. The van der Waals surface area contributed by atoms with Gasteiger partial charge in [0.1, 0.15) is 6.10 Å². The Labute approximate surface area is 113 Å². The molecule has 1 aliphatic rings. The summed E-state index contributed by atoms with van der Waals surface area (Å²) < 4.78 is 10.5. The summed E-state index contributed by atoms with van der Waals surface area (Å²) in [5.74, 6) is 1.22. The Kier molecular flexibility index (Phi) is 4.35. The first-order valence-corrected chi connectivity index (χ1v) is 6.65. The van der Waals surface area contributed by atoms with Crippen LogP contribution in [0.4, 0.5) is 0 Å². The smallest absolute Gasteiger partial charge is 0.358 e. The zero-order valence-electron chi connectivity index (χ0n) is 11.6. The van der Waals surface area contributed by atoms with Crippen molar-refractivity contribution in [2.24, 2.45) is 11.8 Å². The lowest BCUT2D eigenvalue weighted by Crippen LogP contribution is -2.29. The fourth-order valence-corrected chi connectivity index (χ4v) is 2.75. The summed E-state index contributed by atoms with van der Waals surface area (Å²) in [4.78, 5) is 19.5. The Morgan fingerprint density at radius 2 is 1.89 bits per heavy atom. The second-order valence-electron chi connectivity index (χ2n) is 5.39. The van der Waals surface area contributed by atoms with Crippen LogP contribution in [0, 0.1) is 11.8 Å². The number of carbonyl (C=O) groups excluding carboxylic acids is 1. The third-order valence-corrected chi connectivity index (χ3v) is 3.43. The lowest BCUT2D eigenvalue weighted by Gasteiger charge is -2.31. The summed E-state index contributed by atoms with van der Waals surface area (Å²) in [6.07, 6.45) is 6.36. The van der Waals surface area contributed by atoms with Crippen LogP contribution in [0.5, 0.6) is 5.88 Å². The molecule has 0 spiro atoms. The van der Waals surface area contributed by atoms with Crippen LogP contribution in [0.2, 0.25) is 0 Å². The highest BCUT2D eigenvalue weighted by molar-refractivity contribution is 5.86. The van der Waals surface area contributed by atoms with Crippen LogP contribution in [0.15, 0.2) is 12.4 Å². The summed E-state index contributed by atoms with van der Waals surface area (Å²) in [5.41, 5.74) is 0.178. The Hall–Kier alpha value is -1.65. The fraction of sp³-hybridized carbons (Fsp3) is 0.643. The van der Waals surface area contributed by atoms with Gasteiger partial charge in [-0.1, -0.05) is 13.8 Å². The van der Waals surface area contributed by atoms with Crippen molar-refractivity contribution in [3.63, 3.8) is 0 Å². The maximum absolute atomic E-state index is 11.4. The van der Waals surface area contributed by atoms with Gasteiger partial charge in [-0.15, -0.1) is 0 Å². The van der Waals surface area contributed by atoms with Crippen molar-refractivity contribution in [1.82, 2.24) is 9.97 Å². The average molecular weight is 264 g/mol. The van der Waals surface area contributed by atoms with E-state index in [1.165, 1.54) is 25.9 Å². The molecular formula is C14H20N2O3. The molecular weight excluding hydrogens is 244 g/mol. The van der Waals surface area contributed by atoms with E-state index in [9.17, 15) is 4.79 Å². The molecule has 104 valence electrons. The Bertz CT molecular complexity index is 440. The lowest BCUT2D eigenvalue weighted by molar-refractivity contribution is 0.0587. The van der Waals surface area contributed by atoms with Crippen LogP contribution in [0.3, 0.4) is 0 Å². The molecule has 2 rings (SSSR count). The summed E-state index contributed by atoms with van der Waals surface area (Å²) in [6, 6.07) is 0. The summed E-state index contributed by atoms with van der Waals surface area (Å²) in [6.45, 7) is 4.48. The van der Waals surface area contributed by atoms with Gasteiger partial charge in [-0.3, -0.25) is 4.98 Å². The zero-order chi connectivity index (χ0) is 13.8. The zero-order valence-corrected chi connectivity index (χ0v) is 11.6. The van der Waals surface area contributed by atoms with Crippen molar-refractivity contribution in [3.8, 4) is 5.88 Å². The maximum atomic E-state index is 11.4. The molecule has 1 fully saturated rings. The van der Waals surface area contributed by atoms with E-state index < -0.39 is 5.97 Å². The molecule has 19 heavy (non-hydrogen) atoms. The lowest BCUT2D eigenvalue weighted by atomic mass is 9.82. The van der Waals surface area contributed by atoms with Gasteiger partial charge in [-0.05, 0) is 31.1 Å². The second kappa shape index (κ2) is 5.99. The van der Waals surface area contributed by atoms with Gasteiger partial charge in [0.25, 0.3) is 0 Å². The number of carbonyl (C=O) groups is 1. The van der Waals surface area contributed by atoms with Crippen molar-refractivity contribution in [2.75, 3.05) is 7.11 Å². The maximum Gasteiger partial charge on any atom is 0.358 e. The minimum Gasteiger partial charge on any atom is -0.473 e. The van der Waals surface area contributed by atoms with Gasteiger partial charge in [-0.2, -0.15) is 0 Å². The molecule has 1 heterocycles. The molecule has 0 aliphatic heterocycles. The first-order valence-electron chi connectivity index (χ1n) is 6.65. The minimum atomic E-state index is -0.497. The van der Waals surface area contributed by atoms with E-state index in [1.807, 2.05) is 0 Å². The third-order valence-electron chi connectivity index (χ3n) is 3.43. The molecule has 1 aromatic heterocycles. The van der Waals surface area contributed by atoms with Gasteiger partial charge >= 0.3 is 5.97 Å². The Morgan fingerprint density at radius 1 is 1.21 bits per heavy atom. The van der Waals surface area contributed by atoms with E-state index in [0.717, 1.165) is 12.8 Å². The van der Waals surface area contributed by atoms with Gasteiger partial charge in [-0.25, -0.2) is 9.78 Å². The first-order chi connectivity index (χ1) is 9.08. The van der Waals surface area contributed by atoms with Gasteiger partial charge in [0, 0.05) is 0 Å². The number of nitrogens with zero attached hydrogens (tertiary/aromatic N) is 2. The molecule has 1 saturated carbocycles. The molecule has 2 atom stereocenters. The van der Waals surface area contributed by atoms with E-state index in [4.69, 9.17) is 4.74 Å². The van der Waals surface area contributed by atoms with Crippen molar-refractivity contribution in [3.05, 3.63) is 18.1 Å². The summed E-state index contributed by atoms with van der Waals surface area (Å²) >= 11 is 0. The minimum absolute atomic E-state index is 0.154. The monoisotopic (exact) mass is 264 g/mol. The highest BCUT2D eigenvalue weighted by atomic mass is 16.5. The van der Waals surface area contributed by atoms with Gasteiger partial charge in [0.05, 0.1) is 19.5 Å². The molecule has 1 aliphatic carbocycles. The summed E-state index contributed by atoms with van der Waals surface area (Å²) in [5, 5.41) is 0.